The molecular formula is C14H27N3O. The second kappa shape index (κ2) is 6.53. The Hall–Kier alpha value is -0.610. The summed E-state index contributed by atoms with van der Waals surface area (Å²) in [6, 6.07) is 0.217. The molecule has 2 rings (SSSR count). The molecule has 4 N–H and O–H groups in total. The Morgan fingerprint density at radius 1 is 1.39 bits per heavy atom. The lowest BCUT2D eigenvalue weighted by Gasteiger charge is -2.28. The first-order valence-electron chi connectivity index (χ1n) is 7.41. The van der Waals surface area contributed by atoms with Gasteiger partial charge in [0.05, 0.1) is 0 Å². The van der Waals surface area contributed by atoms with Crippen LogP contribution in [-0.2, 0) is 4.79 Å². The number of carbonyl (C=O) groups excluding carboxylic acids is 1. The number of amides is 1. The molecule has 3 unspecified atom stereocenters. The minimum Gasteiger partial charge on any atom is -0.352 e. The maximum atomic E-state index is 12.0. The molecule has 18 heavy (non-hydrogen) atoms. The van der Waals surface area contributed by atoms with E-state index in [4.69, 9.17) is 5.73 Å². The molecule has 1 aliphatic heterocycles. The molecule has 2 fully saturated rings. The number of nitrogens with one attached hydrogen (secondary N) is 2. The van der Waals surface area contributed by atoms with E-state index >= 15 is 0 Å². The summed E-state index contributed by atoms with van der Waals surface area (Å²) in [4.78, 5) is 12.0. The van der Waals surface area contributed by atoms with Crippen LogP contribution in [0, 0.1) is 17.8 Å². The molecule has 3 atom stereocenters. The van der Waals surface area contributed by atoms with Crippen molar-refractivity contribution in [3.63, 3.8) is 0 Å². The summed E-state index contributed by atoms with van der Waals surface area (Å²) in [6.07, 6.45) is 5.60. The van der Waals surface area contributed by atoms with Gasteiger partial charge in [0, 0.05) is 19.0 Å². The molecule has 0 bridgehead atoms. The van der Waals surface area contributed by atoms with Gasteiger partial charge in [-0.1, -0.05) is 6.92 Å². The van der Waals surface area contributed by atoms with Crippen molar-refractivity contribution in [1.29, 1.82) is 0 Å². The number of rotatable bonds is 6. The van der Waals surface area contributed by atoms with Crippen molar-refractivity contribution < 1.29 is 4.79 Å². The van der Waals surface area contributed by atoms with Gasteiger partial charge in [0.2, 0.25) is 5.91 Å². The van der Waals surface area contributed by atoms with Crippen LogP contribution in [0.2, 0.25) is 0 Å². The Morgan fingerprint density at radius 2 is 2.17 bits per heavy atom. The molecule has 0 aromatic heterocycles. The smallest absolute Gasteiger partial charge is 0.220 e. The highest BCUT2D eigenvalue weighted by Gasteiger charge is 2.31. The van der Waals surface area contributed by atoms with Gasteiger partial charge in [-0.05, 0) is 56.5 Å². The quantitative estimate of drug-likeness (QED) is 0.658. The molecule has 0 aromatic rings. The third kappa shape index (κ3) is 3.95. The third-order valence-corrected chi connectivity index (χ3v) is 4.44. The van der Waals surface area contributed by atoms with Gasteiger partial charge in [-0.3, -0.25) is 4.79 Å². The predicted octanol–water partition coefficient (Wildman–Crippen LogP) is 0.866. The molecule has 4 heteroatoms. The lowest BCUT2D eigenvalue weighted by molar-refractivity contribution is -0.123. The highest BCUT2D eigenvalue weighted by Crippen LogP contribution is 2.32. The Balaban J connectivity index is 1.71. The van der Waals surface area contributed by atoms with Crippen molar-refractivity contribution in [2.45, 2.75) is 45.1 Å². The van der Waals surface area contributed by atoms with Crippen LogP contribution >= 0.6 is 0 Å². The number of piperidine rings is 1. The van der Waals surface area contributed by atoms with Crippen molar-refractivity contribution in [2.24, 2.45) is 23.5 Å². The average molecular weight is 253 g/mol. The zero-order valence-corrected chi connectivity index (χ0v) is 11.5. The van der Waals surface area contributed by atoms with E-state index < -0.39 is 0 Å². The van der Waals surface area contributed by atoms with Crippen LogP contribution in [0.5, 0.6) is 0 Å². The van der Waals surface area contributed by atoms with Crippen molar-refractivity contribution in [1.82, 2.24) is 10.6 Å². The zero-order chi connectivity index (χ0) is 13.0. The van der Waals surface area contributed by atoms with Crippen molar-refractivity contribution >= 4 is 5.91 Å². The van der Waals surface area contributed by atoms with Gasteiger partial charge in [0.15, 0.2) is 0 Å². The first-order chi connectivity index (χ1) is 8.70. The second-order valence-electron chi connectivity index (χ2n) is 6.03. The molecule has 2 aliphatic rings. The molecule has 0 spiro atoms. The molecule has 1 heterocycles. The summed E-state index contributed by atoms with van der Waals surface area (Å²) in [5, 5.41) is 6.53. The van der Waals surface area contributed by atoms with Crippen molar-refractivity contribution in [2.75, 3.05) is 19.6 Å². The monoisotopic (exact) mass is 253 g/mol. The first-order valence-corrected chi connectivity index (χ1v) is 7.41. The minimum absolute atomic E-state index is 0.190. The molecule has 1 saturated carbocycles. The molecule has 1 amide bonds. The van der Waals surface area contributed by atoms with Crippen molar-refractivity contribution in [3.8, 4) is 0 Å². The van der Waals surface area contributed by atoms with E-state index in [-0.39, 0.29) is 11.9 Å². The molecular weight excluding hydrogens is 226 g/mol. The topological polar surface area (TPSA) is 67.2 Å². The number of carbonyl (C=O) groups is 1. The van der Waals surface area contributed by atoms with Crippen LogP contribution in [0.4, 0.5) is 0 Å². The molecule has 1 aliphatic carbocycles. The number of hydrogen-bond acceptors (Lipinski definition) is 3. The van der Waals surface area contributed by atoms with E-state index in [1.165, 1.54) is 25.7 Å². The van der Waals surface area contributed by atoms with Crippen LogP contribution in [0.25, 0.3) is 0 Å². The number of hydrogen-bond donors (Lipinski definition) is 3. The Kier molecular flexibility index (Phi) is 5.01. The minimum atomic E-state index is 0.190. The largest absolute Gasteiger partial charge is 0.352 e. The van der Waals surface area contributed by atoms with Gasteiger partial charge < -0.3 is 16.4 Å². The molecule has 0 aromatic carbocycles. The van der Waals surface area contributed by atoms with Gasteiger partial charge >= 0.3 is 0 Å². The van der Waals surface area contributed by atoms with E-state index in [1.54, 1.807) is 0 Å². The lowest BCUT2D eigenvalue weighted by Crippen LogP contribution is -2.43. The third-order valence-electron chi connectivity index (χ3n) is 4.44. The zero-order valence-electron chi connectivity index (χ0n) is 11.5. The SMILES string of the molecule is CC(CC(=O)NC(CN)C1CC1)C1CCCNC1. The fraction of sp³-hybridized carbons (Fsp3) is 0.929. The van der Waals surface area contributed by atoms with Crippen LogP contribution in [0.15, 0.2) is 0 Å². The van der Waals surface area contributed by atoms with Gasteiger partial charge in [0.1, 0.15) is 0 Å². The summed E-state index contributed by atoms with van der Waals surface area (Å²) >= 11 is 0. The van der Waals surface area contributed by atoms with Crippen LogP contribution < -0.4 is 16.4 Å². The Morgan fingerprint density at radius 3 is 2.72 bits per heavy atom. The molecule has 104 valence electrons. The summed E-state index contributed by atoms with van der Waals surface area (Å²) in [7, 11) is 0. The maximum Gasteiger partial charge on any atom is 0.220 e. The Labute approximate surface area is 110 Å². The lowest BCUT2D eigenvalue weighted by atomic mass is 9.85. The molecule has 1 saturated heterocycles. The van der Waals surface area contributed by atoms with E-state index in [2.05, 4.69) is 17.6 Å². The standard InChI is InChI=1S/C14H27N3O/c1-10(12-3-2-6-16-9-12)7-14(18)17-13(8-15)11-4-5-11/h10-13,16H,2-9,15H2,1H3,(H,17,18). The van der Waals surface area contributed by atoms with Gasteiger partial charge in [-0.2, -0.15) is 0 Å². The Bertz CT molecular complexity index is 272. The van der Waals surface area contributed by atoms with Crippen LogP contribution in [0.1, 0.15) is 39.0 Å². The first kappa shape index (κ1) is 13.8. The number of nitrogens with two attached hydrogens (primary N) is 1. The van der Waals surface area contributed by atoms with E-state index in [1.807, 2.05) is 0 Å². The fourth-order valence-corrected chi connectivity index (χ4v) is 2.96. The van der Waals surface area contributed by atoms with E-state index in [9.17, 15) is 4.79 Å². The average Bonchev–Trinajstić information content (AvgIpc) is 3.21. The summed E-state index contributed by atoms with van der Waals surface area (Å²) in [5.41, 5.74) is 5.71. The fourth-order valence-electron chi connectivity index (χ4n) is 2.96. The van der Waals surface area contributed by atoms with Gasteiger partial charge in [-0.25, -0.2) is 0 Å². The van der Waals surface area contributed by atoms with E-state index in [0.717, 1.165) is 13.1 Å². The van der Waals surface area contributed by atoms with Crippen molar-refractivity contribution in [3.05, 3.63) is 0 Å². The summed E-state index contributed by atoms with van der Waals surface area (Å²) < 4.78 is 0. The summed E-state index contributed by atoms with van der Waals surface area (Å²) in [6.45, 7) is 4.98. The van der Waals surface area contributed by atoms with Crippen LogP contribution in [-0.4, -0.2) is 31.6 Å². The van der Waals surface area contributed by atoms with E-state index in [0.29, 0.717) is 30.7 Å². The van der Waals surface area contributed by atoms with Gasteiger partial charge in [0.25, 0.3) is 0 Å². The maximum absolute atomic E-state index is 12.0. The molecule has 0 radical (unpaired) electrons. The molecule has 4 nitrogen and oxygen atoms in total. The second-order valence-corrected chi connectivity index (χ2v) is 6.03. The highest BCUT2D eigenvalue weighted by atomic mass is 16.1. The van der Waals surface area contributed by atoms with Gasteiger partial charge in [-0.15, -0.1) is 0 Å². The predicted molar refractivity (Wildman–Crippen MR) is 73.1 cm³/mol. The van der Waals surface area contributed by atoms with Crippen LogP contribution in [0.3, 0.4) is 0 Å². The normalized spacial score (nSPS) is 27.6. The highest BCUT2D eigenvalue weighted by molar-refractivity contribution is 5.76. The summed E-state index contributed by atoms with van der Waals surface area (Å²) in [5.74, 6) is 1.96.